The van der Waals surface area contributed by atoms with Gasteiger partial charge in [-0.1, -0.05) is 0 Å². The van der Waals surface area contributed by atoms with Gasteiger partial charge in [-0.3, -0.25) is 18.4 Å². The molecule has 5 nitrogen and oxygen atoms in total. The van der Waals surface area contributed by atoms with Crippen molar-refractivity contribution >= 4 is 13.6 Å². The van der Waals surface area contributed by atoms with Gasteiger partial charge in [-0.25, -0.2) is 0 Å². The Morgan fingerprint density at radius 3 is 1.56 bits per heavy atom. The fourth-order valence-corrected chi connectivity index (χ4v) is 1.91. The first kappa shape index (κ1) is 17.2. The van der Waals surface area contributed by atoms with Crippen LogP contribution in [0.2, 0.25) is 0 Å². The summed E-state index contributed by atoms with van der Waals surface area (Å²) in [6, 6.07) is 0. The molecule has 0 bridgehead atoms. The van der Waals surface area contributed by atoms with Gasteiger partial charge >= 0.3 is 25.9 Å². The zero-order valence-corrected chi connectivity index (χ0v) is 9.31. The van der Waals surface area contributed by atoms with Crippen molar-refractivity contribution in [3.63, 3.8) is 0 Å². The Balaban J connectivity index is 4.63. The highest BCUT2D eigenvalue weighted by molar-refractivity contribution is 7.54. The van der Waals surface area contributed by atoms with Crippen LogP contribution in [0.25, 0.3) is 0 Å². The number of carboxylic acids is 1. The second-order valence-corrected chi connectivity index (χ2v) is 4.99. The minimum atomic E-state index is -5.01. The highest BCUT2D eigenvalue weighted by atomic mass is 31.2. The maximum atomic E-state index is 11.7. The van der Waals surface area contributed by atoms with E-state index in [0.29, 0.717) is 0 Å². The van der Waals surface area contributed by atoms with Crippen molar-refractivity contribution in [2.45, 2.75) is 12.4 Å². The van der Waals surface area contributed by atoms with Crippen LogP contribution in [-0.4, -0.2) is 42.8 Å². The van der Waals surface area contributed by atoms with Crippen LogP contribution >= 0.6 is 7.60 Å². The Morgan fingerprint density at radius 2 is 1.33 bits per heavy atom. The van der Waals surface area contributed by atoms with E-state index in [9.17, 15) is 35.7 Å². The van der Waals surface area contributed by atoms with E-state index in [1.54, 1.807) is 0 Å². The molecule has 0 amide bonds. The monoisotopic (exact) mass is 304 g/mol. The second-order valence-electron chi connectivity index (χ2n) is 2.94. The summed E-state index contributed by atoms with van der Waals surface area (Å²) in [6.07, 6.45) is -11.6. The molecule has 0 aliphatic carbocycles. The molecular formula is C6H7F6O5P. The smallest absolute Gasteiger partial charge is 0.412 e. The number of rotatable bonds is 6. The van der Waals surface area contributed by atoms with Crippen LogP contribution in [-0.2, 0) is 18.4 Å². The van der Waals surface area contributed by atoms with Gasteiger partial charge in [-0.15, -0.1) is 0 Å². The number of halogens is 6. The lowest BCUT2D eigenvalue weighted by Gasteiger charge is -2.18. The quantitative estimate of drug-likeness (QED) is 0.602. The number of aliphatic carboxylic acids is 1. The van der Waals surface area contributed by atoms with Crippen LogP contribution in [0.15, 0.2) is 0 Å². The molecule has 0 aliphatic heterocycles. The van der Waals surface area contributed by atoms with Crippen LogP contribution < -0.4 is 0 Å². The van der Waals surface area contributed by atoms with E-state index in [-0.39, 0.29) is 0 Å². The van der Waals surface area contributed by atoms with Crippen molar-refractivity contribution in [1.29, 1.82) is 0 Å². The lowest BCUT2D eigenvalue weighted by Crippen LogP contribution is -2.22. The number of alkyl halides is 6. The molecule has 0 heterocycles. The highest BCUT2D eigenvalue weighted by Crippen LogP contribution is 2.49. The Kier molecular flexibility index (Phi) is 5.63. The van der Waals surface area contributed by atoms with Gasteiger partial charge in [-0.2, -0.15) is 26.3 Å². The molecule has 12 heteroatoms. The van der Waals surface area contributed by atoms with Gasteiger partial charge in [0, 0.05) is 0 Å². The summed E-state index contributed by atoms with van der Waals surface area (Å²) in [5.41, 5.74) is 0. The predicted octanol–water partition coefficient (Wildman–Crippen LogP) is 2.42. The third-order valence-electron chi connectivity index (χ3n) is 1.18. The minimum absolute atomic E-state index is 1.60. The zero-order valence-electron chi connectivity index (χ0n) is 8.42. The van der Waals surface area contributed by atoms with E-state index in [1.807, 2.05) is 0 Å². The van der Waals surface area contributed by atoms with E-state index < -0.39 is 45.3 Å². The van der Waals surface area contributed by atoms with Gasteiger partial charge in [0.2, 0.25) is 0 Å². The minimum Gasteiger partial charge on any atom is -0.481 e. The predicted molar refractivity (Wildman–Crippen MR) is 44.1 cm³/mol. The fourth-order valence-electron chi connectivity index (χ4n) is 0.637. The molecule has 0 atom stereocenters. The number of carboxylic acid groups (broad SMARTS) is 1. The second kappa shape index (κ2) is 5.89. The van der Waals surface area contributed by atoms with Gasteiger partial charge in [-0.05, 0) is 0 Å². The number of carbonyl (C=O) groups is 1. The fraction of sp³-hybridized carbons (Fsp3) is 0.833. The molecule has 1 N–H and O–H groups in total. The molecule has 0 saturated heterocycles. The summed E-state index contributed by atoms with van der Waals surface area (Å²) in [5.74, 6) is -1.91. The Labute approximate surface area is 96.2 Å². The summed E-state index contributed by atoms with van der Waals surface area (Å²) < 4.78 is 88.9. The lowest BCUT2D eigenvalue weighted by molar-refractivity contribution is -0.166. The van der Waals surface area contributed by atoms with E-state index in [0.717, 1.165) is 0 Å². The molecule has 0 saturated carbocycles. The molecule has 0 aliphatic rings. The van der Waals surface area contributed by atoms with E-state index in [2.05, 4.69) is 9.05 Å². The van der Waals surface area contributed by atoms with Gasteiger partial charge in [0.15, 0.2) is 13.2 Å². The van der Waals surface area contributed by atoms with Crippen LogP contribution in [0, 0.1) is 0 Å². The van der Waals surface area contributed by atoms with Crippen LogP contribution in [0.4, 0.5) is 26.3 Å². The molecule has 0 aromatic rings. The SMILES string of the molecule is O=C(O)CP(=O)(OCC(F)(F)F)OCC(F)(F)F. The first-order chi connectivity index (χ1) is 7.83. The average molecular weight is 304 g/mol. The van der Waals surface area contributed by atoms with Gasteiger partial charge in [0.05, 0.1) is 0 Å². The summed E-state index contributed by atoms with van der Waals surface area (Å²) in [4.78, 5) is 10.2. The van der Waals surface area contributed by atoms with Gasteiger partial charge in [0.1, 0.15) is 6.16 Å². The third kappa shape index (κ3) is 9.25. The topological polar surface area (TPSA) is 72.8 Å². The van der Waals surface area contributed by atoms with Crippen molar-refractivity contribution in [1.82, 2.24) is 0 Å². The molecule has 0 aromatic carbocycles. The molecule has 18 heavy (non-hydrogen) atoms. The van der Waals surface area contributed by atoms with E-state index in [4.69, 9.17) is 5.11 Å². The van der Waals surface area contributed by atoms with Crippen molar-refractivity contribution in [3.8, 4) is 0 Å². The van der Waals surface area contributed by atoms with Crippen LogP contribution in [0.3, 0.4) is 0 Å². The first-order valence-electron chi connectivity index (χ1n) is 4.06. The van der Waals surface area contributed by atoms with E-state index >= 15 is 0 Å². The van der Waals surface area contributed by atoms with Crippen molar-refractivity contribution in [3.05, 3.63) is 0 Å². The standard InChI is InChI=1S/C6H7F6O5P/c7-5(8,9)2-16-18(15,1-4(13)14)17-3-6(10,11)12/h1-3H2,(H,13,14). The molecule has 108 valence electrons. The molecule has 0 rings (SSSR count). The molecule has 0 radical (unpaired) electrons. The summed E-state index contributed by atoms with van der Waals surface area (Å²) in [7, 11) is -5.01. The average Bonchev–Trinajstić information content (AvgIpc) is 2.09. The first-order valence-corrected chi connectivity index (χ1v) is 5.79. The van der Waals surface area contributed by atoms with Gasteiger partial charge < -0.3 is 5.11 Å². The molecule has 0 aromatic heterocycles. The molecular weight excluding hydrogens is 297 g/mol. The third-order valence-corrected chi connectivity index (χ3v) is 2.88. The van der Waals surface area contributed by atoms with Crippen LogP contribution in [0.1, 0.15) is 0 Å². The largest absolute Gasteiger partial charge is 0.481 e. The number of hydrogen-bond donors (Lipinski definition) is 1. The molecule has 0 unspecified atom stereocenters. The Hall–Kier alpha value is -0.800. The Morgan fingerprint density at radius 1 is 1.00 bits per heavy atom. The van der Waals surface area contributed by atoms with Crippen molar-refractivity contribution < 1.29 is 49.9 Å². The zero-order chi connectivity index (χ0) is 14.6. The normalized spacial score (nSPS) is 13.7. The highest BCUT2D eigenvalue weighted by Gasteiger charge is 2.39. The van der Waals surface area contributed by atoms with Crippen LogP contribution in [0.5, 0.6) is 0 Å². The number of hydrogen-bond acceptors (Lipinski definition) is 4. The summed E-state index contributed by atoms with van der Waals surface area (Å²) in [5, 5.41) is 8.21. The summed E-state index contributed by atoms with van der Waals surface area (Å²) >= 11 is 0. The van der Waals surface area contributed by atoms with Crippen molar-refractivity contribution in [2.24, 2.45) is 0 Å². The van der Waals surface area contributed by atoms with E-state index in [1.165, 1.54) is 0 Å². The Bertz CT molecular complexity index is 314. The molecule has 0 fully saturated rings. The summed E-state index contributed by atoms with van der Waals surface area (Å²) in [6.45, 7) is -4.34. The van der Waals surface area contributed by atoms with Gasteiger partial charge in [0.25, 0.3) is 0 Å². The maximum absolute atomic E-state index is 11.7. The van der Waals surface area contributed by atoms with Crippen molar-refractivity contribution in [2.75, 3.05) is 19.4 Å². The lowest BCUT2D eigenvalue weighted by atomic mass is 10.7. The maximum Gasteiger partial charge on any atom is 0.412 e. The molecule has 0 spiro atoms.